The number of hydrogen-bond donors (Lipinski definition) is 1. The van der Waals surface area contributed by atoms with E-state index in [4.69, 9.17) is 22.1 Å². The Morgan fingerprint density at radius 3 is 2.80 bits per heavy atom. The molecule has 1 aliphatic rings. The molecule has 0 radical (unpaired) electrons. The zero-order chi connectivity index (χ0) is 17.6. The number of methoxy groups -OCH3 is 1. The zero-order valence-electron chi connectivity index (χ0n) is 13.7. The number of fused-ring (bicyclic) bond motifs is 3. The van der Waals surface area contributed by atoms with Gasteiger partial charge in [-0.25, -0.2) is 4.98 Å². The van der Waals surface area contributed by atoms with E-state index in [0.29, 0.717) is 22.2 Å². The highest BCUT2D eigenvalue weighted by Gasteiger charge is 2.28. The largest absolute Gasteiger partial charge is 0.616 e. The minimum Gasteiger partial charge on any atom is -0.616 e. The molecule has 7 heteroatoms. The normalized spacial score (nSPS) is 16.9. The molecule has 4 nitrogen and oxygen atoms in total. The second kappa shape index (κ2) is 6.78. The standard InChI is InChI=1S/C18H17ClN2O2S2/c1-23-11-4-2-10(3-5-11)15-16-12-6-7-25(22)9-14(12)24-18(16)21-13(8-20)17(15)19/h2-5H,6-9,20H2,1H3. The number of halogens is 1. The number of nitrogens with zero attached hydrogens (tertiary/aromatic N) is 1. The average Bonchev–Trinajstić information content (AvgIpc) is 2.98. The third kappa shape index (κ3) is 2.92. The van der Waals surface area contributed by atoms with Gasteiger partial charge in [0.05, 0.1) is 22.7 Å². The van der Waals surface area contributed by atoms with E-state index in [-0.39, 0.29) is 6.54 Å². The van der Waals surface area contributed by atoms with Crippen LogP contribution in [0.15, 0.2) is 24.3 Å². The monoisotopic (exact) mass is 392 g/mol. The van der Waals surface area contributed by atoms with Crippen molar-refractivity contribution in [1.82, 2.24) is 4.98 Å². The summed E-state index contributed by atoms with van der Waals surface area (Å²) >= 11 is 7.52. The fourth-order valence-corrected chi connectivity index (χ4v) is 6.28. The van der Waals surface area contributed by atoms with Gasteiger partial charge in [-0.2, -0.15) is 0 Å². The van der Waals surface area contributed by atoms with E-state index in [0.717, 1.165) is 38.4 Å². The highest BCUT2D eigenvalue weighted by molar-refractivity contribution is 7.90. The van der Waals surface area contributed by atoms with Crippen LogP contribution in [-0.4, -0.2) is 22.4 Å². The van der Waals surface area contributed by atoms with E-state index in [2.05, 4.69) is 4.98 Å². The van der Waals surface area contributed by atoms with Crippen LogP contribution >= 0.6 is 22.9 Å². The summed E-state index contributed by atoms with van der Waals surface area (Å²) in [6.07, 6.45) is 0.797. The van der Waals surface area contributed by atoms with Crippen molar-refractivity contribution in [1.29, 1.82) is 0 Å². The van der Waals surface area contributed by atoms with Crippen molar-refractivity contribution in [2.45, 2.75) is 18.7 Å². The van der Waals surface area contributed by atoms with E-state index in [9.17, 15) is 4.55 Å². The van der Waals surface area contributed by atoms with Crippen LogP contribution in [0.4, 0.5) is 0 Å². The molecule has 0 bridgehead atoms. The van der Waals surface area contributed by atoms with E-state index in [1.54, 1.807) is 18.4 Å². The van der Waals surface area contributed by atoms with Crippen molar-refractivity contribution < 1.29 is 9.29 Å². The third-order valence-electron chi connectivity index (χ3n) is 4.48. The second-order valence-electron chi connectivity index (χ2n) is 5.90. The number of hydrogen-bond acceptors (Lipinski definition) is 5. The molecule has 1 atom stereocenters. The van der Waals surface area contributed by atoms with Crippen molar-refractivity contribution in [2.75, 3.05) is 12.9 Å². The predicted molar refractivity (Wildman–Crippen MR) is 105 cm³/mol. The van der Waals surface area contributed by atoms with Gasteiger partial charge in [0.15, 0.2) is 0 Å². The van der Waals surface area contributed by atoms with Crippen LogP contribution in [0, 0.1) is 0 Å². The Hall–Kier alpha value is -1.31. The van der Waals surface area contributed by atoms with E-state index in [1.807, 2.05) is 24.3 Å². The molecule has 1 aromatic carbocycles. The first-order chi connectivity index (χ1) is 12.1. The Balaban J connectivity index is 2.01. The molecule has 2 N–H and O–H groups in total. The Labute approximate surface area is 158 Å². The smallest absolute Gasteiger partial charge is 0.140 e. The van der Waals surface area contributed by atoms with Gasteiger partial charge in [-0.05, 0) is 34.4 Å². The van der Waals surface area contributed by atoms with Crippen LogP contribution in [0.3, 0.4) is 0 Å². The number of nitrogens with two attached hydrogens (primary N) is 1. The summed E-state index contributed by atoms with van der Waals surface area (Å²) < 4.78 is 17.2. The molecule has 3 aromatic rings. The topological polar surface area (TPSA) is 71.2 Å². The first kappa shape index (κ1) is 17.1. The van der Waals surface area contributed by atoms with Gasteiger partial charge in [-0.3, -0.25) is 0 Å². The lowest BCUT2D eigenvalue weighted by Gasteiger charge is -2.17. The number of thiophene rings is 1. The number of aromatic nitrogens is 1. The molecular formula is C18H17ClN2O2S2. The maximum absolute atomic E-state index is 12.0. The van der Waals surface area contributed by atoms with Gasteiger partial charge in [-0.15, -0.1) is 11.3 Å². The predicted octanol–water partition coefficient (Wildman–Crippen LogP) is 3.89. The van der Waals surface area contributed by atoms with Crippen LogP contribution in [0.5, 0.6) is 5.75 Å². The van der Waals surface area contributed by atoms with Gasteiger partial charge in [0, 0.05) is 23.9 Å². The summed E-state index contributed by atoms with van der Waals surface area (Å²) in [7, 11) is 1.65. The maximum atomic E-state index is 12.0. The number of pyridine rings is 1. The molecule has 4 rings (SSSR count). The summed E-state index contributed by atoms with van der Waals surface area (Å²) in [5.41, 5.74) is 9.79. The maximum Gasteiger partial charge on any atom is 0.140 e. The van der Waals surface area contributed by atoms with E-state index >= 15 is 0 Å². The highest BCUT2D eigenvalue weighted by atomic mass is 35.5. The first-order valence-electron chi connectivity index (χ1n) is 7.94. The molecule has 130 valence electrons. The summed E-state index contributed by atoms with van der Waals surface area (Å²) in [6.45, 7) is 0.284. The summed E-state index contributed by atoms with van der Waals surface area (Å²) in [5, 5.41) is 1.69. The van der Waals surface area contributed by atoms with Crippen LogP contribution in [0.1, 0.15) is 16.1 Å². The van der Waals surface area contributed by atoms with Crippen LogP contribution in [0.2, 0.25) is 5.02 Å². The van der Waals surface area contributed by atoms with Crippen molar-refractivity contribution >= 4 is 44.3 Å². The Bertz CT molecular complexity index is 941. The molecular weight excluding hydrogens is 376 g/mol. The quantitative estimate of drug-likeness (QED) is 0.686. The molecule has 0 saturated carbocycles. The summed E-state index contributed by atoms with van der Waals surface area (Å²) in [5.74, 6) is 2.09. The molecule has 3 heterocycles. The molecule has 0 amide bonds. The first-order valence-corrected chi connectivity index (χ1v) is 10.6. The van der Waals surface area contributed by atoms with Crippen LogP contribution in [-0.2, 0) is 29.9 Å². The Morgan fingerprint density at radius 1 is 1.36 bits per heavy atom. The van der Waals surface area contributed by atoms with Gasteiger partial charge in [-0.1, -0.05) is 23.7 Å². The van der Waals surface area contributed by atoms with Crippen molar-refractivity contribution in [2.24, 2.45) is 5.73 Å². The molecule has 2 aromatic heterocycles. The molecule has 1 unspecified atom stereocenters. The lowest BCUT2D eigenvalue weighted by atomic mass is 9.98. The second-order valence-corrected chi connectivity index (χ2v) is 8.94. The number of aryl methyl sites for hydroxylation is 1. The number of ether oxygens (including phenoxy) is 1. The van der Waals surface area contributed by atoms with Crippen molar-refractivity contribution in [3.63, 3.8) is 0 Å². The number of rotatable bonds is 3. The van der Waals surface area contributed by atoms with E-state index in [1.165, 1.54) is 5.56 Å². The van der Waals surface area contributed by atoms with Crippen molar-refractivity contribution in [3.8, 4) is 16.9 Å². The van der Waals surface area contributed by atoms with E-state index < -0.39 is 11.2 Å². The SMILES string of the molecule is COc1ccc(-c2c(Cl)c(CN)nc3sc4c(c23)CC[S+]([O-])C4)cc1. The Morgan fingerprint density at radius 2 is 2.12 bits per heavy atom. The van der Waals surface area contributed by atoms with Crippen LogP contribution < -0.4 is 10.5 Å². The molecule has 0 spiro atoms. The lowest BCUT2D eigenvalue weighted by Crippen LogP contribution is -2.17. The van der Waals surface area contributed by atoms with Gasteiger partial charge in [0.25, 0.3) is 0 Å². The molecule has 0 aliphatic carbocycles. The fraction of sp³-hybridized carbons (Fsp3) is 0.278. The van der Waals surface area contributed by atoms with Gasteiger partial charge in [0.2, 0.25) is 0 Å². The lowest BCUT2D eigenvalue weighted by molar-refractivity contribution is 0.415. The fourth-order valence-electron chi connectivity index (χ4n) is 3.24. The zero-order valence-corrected chi connectivity index (χ0v) is 16.1. The van der Waals surface area contributed by atoms with Gasteiger partial charge in [0.1, 0.15) is 22.1 Å². The minimum absolute atomic E-state index is 0.284. The van der Waals surface area contributed by atoms with Gasteiger partial charge >= 0.3 is 0 Å². The van der Waals surface area contributed by atoms with Crippen LogP contribution in [0.25, 0.3) is 21.3 Å². The average molecular weight is 393 g/mol. The Kier molecular flexibility index (Phi) is 4.64. The molecule has 1 aliphatic heterocycles. The molecule has 0 fully saturated rings. The molecule has 25 heavy (non-hydrogen) atoms. The highest BCUT2D eigenvalue weighted by Crippen LogP contribution is 2.44. The number of benzene rings is 1. The minimum atomic E-state index is -0.788. The third-order valence-corrected chi connectivity index (χ3v) is 7.46. The van der Waals surface area contributed by atoms with Gasteiger partial charge < -0.3 is 15.0 Å². The summed E-state index contributed by atoms with van der Waals surface area (Å²) in [6, 6.07) is 7.86. The summed E-state index contributed by atoms with van der Waals surface area (Å²) in [4.78, 5) is 6.77. The molecule has 0 saturated heterocycles. The van der Waals surface area contributed by atoms with Crippen molar-refractivity contribution in [3.05, 3.63) is 45.4 Å².